The number of pyridine rings is 1. The monoisotopic (exact) mass is 417 g/mol. The maximum absolute atomic E-state index is 13.2. The molecule has 1 fully saturated rings. The normalized spacial score (nSPS) is 14.0. The van der Waals surface area contributed by atoms with E-state index >= 15 is 0 Å². The number of rotatable bonds is 8. The molecule has 0 spiro atoms. The summed E-state index contributed by atoms with van der Waals surface area (Å²) in [5.74, 6) is -0.799. The standard InChI is InChI=1S/C23H23N5O3/c1-24-23(31)20(29)14-19(15-6-3-2-4-7-15)26-22(30)17-8-5-12-25-21(17)28-13-11-18(27-28)16-9-10-16/h2-8,11-13,16,19H,9-10,14H2,1H3,(H,24,31)(H,26,30). The zero-order chi connectivity index (χ0) is 21.8. The fraction of sp³-hybridized carbons (Fsp3) is 0.261. The zero-order valence-corrected chi connectivity index (χ0v) is 17.1. The number of carbonyl (C=O) groups excluding carboxylic acids is 3. The lowest BCUT2D eigenvalue weighted by Crippen LogP contribution is -2.35. The summed E-state index contributed by atoms with van der Waals surface area (Å²) in [6.07, 6.45) is 5.51. The van der Waals surface area contributed by atoms with Crippen LogP contribution >= 0.6 is 0 Å². The highest BCUT2D eigenvalue weighted by molar-refractivity contribution is 6.36. The van der Waals surface area contributed by atoms with E-state index in [1.807, 2.05) is 36.4 Å². The van der Waals surface area contributed by atoms with Crippen LogP contribution in [0.25, 0.3) is 5.82 Å². The highest BCUT2D eigenvalue weighted by atomic mass is 16.2. The smallest absolute Gasteiger partial charge is 0.287 e. The largest absolute Gasteiger partial charge is 0.353 e. The van der Waals surface area contributed by atoms with E-state index in [1.165, 1.54) is 7.05 Å². The molecule has 2 heterocycles. The molecule has 0 radical (unpaired) electrons. The molecule has 1 aliphatic rings. The lowest BCUT2D eigenvalue weighted by molar-refractivity contribution is -0.137. The minimum absolute atomic E-state index is 0.154. The van der Waals surface area contributed by atoms with Gasteiger partial charge in [0.05, 0.1) is 17.3 Å². The van der Waals surface area contributed by atoms with Gasteiger partial charge in [0.25, 0.3) is 11.8 Å². The van der Waals surface area contributed by atoms with Crippen molar-refractivity contribution in [2.24, 2.45) is 0 Å². The Morgan fingerprint density at radius 1 is 1.10 bits per heavy atom. The first-order chi connectivity index (χ1) is 15.1. The van der Waals surface area contributed by atoms with Crippen molar-refractivity contribution < 1.29 is 14.4 Å². The van der Waals surface area contributed by atoms with Gasteiger partial charge in [-0.3, -0.25) is 14.4 Å². The van der Waals surface area contributed by atoms with E-state index in [0.717, 1.165) is 24.1 Å². The van der Waals surface area contributed by atoms with Crippen LogP contribution in [0.15, 0.2) is 60.9 Å². The van der Waals surface area contributed by atoms with Crippen molar-refractivity contribution in [1.82, 2.24) is 25.4 Å². The number of amides is 2. The third kappa shape index (κ3) is 4.69. The zero-order valence-electron chi connectivity index (χ0n) is 17.1. The number of ketones is 1. The third-order valence-electron chi connectivity index (χ3n) is 5.23. The Hall–Kier alpha value is -3.81. The lowest BCUT2D eigenvalue weighted by atomic mass is 10.0. The van der Waals surface area contributed by atoms with Crippen molar-refractivity contribution in [2.75, 3.05) is 7.05 Å². The molecule has 1 unspecified atom stereocenters. The summed E-state index contributed by atoms with van der Waals surface area (Å²) in [4.78, 5) is 41.5. The molecule has 2 aromatic heterocycles. The van der Waals surface area contributed by atoms with Gasteiger partial charge in [-0.1, -0.05) is 30.3 Å². The second-order valence-electron chi connectivity index (χ2n) is 7.48. The number of likely N-dealkylation sites (N-methyl/N-ethyl adjacent to an activating group) is 1. The predicted octanol–water partition coefficient (Wildman–Crippen LogP) is 2.32. The van der Waals surface area contributed by atoms with Crippen molar-refractivity contribution in [3.63, 3.8) is 0 Å². The van der Waals surface area contributed by atoms with Gasteiger partial charge in [-0.05, 0) is 36.6 Å². The number of nitrogens with zero attached hydrogens (tertiary/aromatic N) is 3. The molecule has 1 atom stereocenters. The van der Waals surface area contributed by atoms with Crippen molar-refractivity contribution in [1.29, 1.82) is 0 Å². The van der Waals surface area contributed by atoms with Crippen LogP contribution in [0.2, 0.25) is 0 Å². The molecule has 0 bridgehead atoms. The molecule has 158 valence electrons. The second kappa shape index (κ2) is 8.91. The van der Waals surface area contributed by atoms with E-state index in [2.05, 4.69) is 20.7 Å². The van der Waals surface area contributed by atoms with Crippen molar-refractivity contribution in [3.05, 3.63) is 77.7 Å². The first-order valence-corrected chi connectivity index (χ1v) is 10.2. The van der Waals surface area contributed by atoms with Crippen LogP contribution in [-0.2, 0) is 9.59 Å². The molecule has 8 heteroatoms. The summed E-state index contributed by atoms with van der Waals surface area (Å²) in [5, 5.41) is 9.79. The predicted molar refractivity (Wildman–Crippen MR) is 114 cm³/mol. The molecule has 1 aliphatic carbocycles. The molecule has 2 amide bonds. The average Bonchev–Trinajstić information content (AvgIpc) is 3.55. The summed E-state index contributed by atoms with van der Waals surface area (Å²) >= 11 is 0. The Balaban J connectivity index is 1.60. The van der Waals surface area contributed by atoms with Crippen molar-refractivity contribution in [2.45, 2.75) is 31.2 Å². The maximum atomic E-state index is 13.2. The van der Waals surface area contributed by atoms with Gasteiger partial charge in [0, 0.05) is 31.8 Å². The molecule has 1 aromatic carbocycles. The highest BCUT2D eigenvalue weighted by Gasteiger charge is 2.27. The van der Waals surface area contributed by atoms with Gasteiger partial charge in [0.15, 0.2) is 5.82 Å². The first kappa shape index (κ1) is 20.5. The van der Waals surface area contributed by atoms with Gasteiger partial charge < -0.3 is 10.6 Å². The molecule has 4 rings (SSSR count). The molecular weight excluding hydrogens is 394 g/mol. The number of aromatic nitrogens is 3. The minimum Gasteiger partial charge on any atom is -0.353 e. The molecular formula is C23H23N5O3. The summed E-state index contributed by atoms with van der Waals surface area (Å²) in [6, 6.07) is 13.7. The second-order valence-corrected chi connectivity index (χ2v) is 7.48. The Labute approximate surface area is 179 Å². The van der Waals surface area contributed by atoms with Crippen LogP contribution in [0.3, 0.4) is 0 Å². The highest BCUT2D eigenvalue weighted by Crippen LogP contribution is 2.39. The van der Waals surface area contributed by atoms with Gasteiger partial charge in [0.2, 0.25) is 5.78 Å². The van der Waals surface area contributed by atoms with Crippen molar-refractivity contribution in [3.8, 4) is 5.82 Å². The molecule has 0 saturated heterocycles. The fourth-order valence-corrected chi connectivity index (χ4v) is 3.40. The van der Waals surface area contributed by atoms with Crippen LogP contribution < -0.4 is 10.6 Å². The van der Waals surface area contributed by atoms with Crippen LogP contribution in [0.5, 0.6) is 0 Å². The Morgan fingerprint density at radius 2 is 1.87 bits per heavy atom. The van der Waals surface area contributed by atoms with Gasteiger partial charge >= 0.3 is 0 Å². The molecule has 2 N–H and O–H groups in total. The Kier molecular flexibility index (Phi) is 5.88. The third-order valence-corrected chi connectivity index (χ3v) is 5.23. The first-order valence-electron chi connectivity index (χ1n) is 10.2. The number of nitrogens with one attached hydrogen (secondary N) is 2. The van der Waals surface area contributed by atoms with Gasteiger partial charge in [-0.15, -0.1) is 0 Å². The van der Waals surface area contributed by atoms with E-state index in [1.54, 1.807) is 29.2 Å². The number of benzene rings is 1. The van der Waals surface area contributed by atoms with E-state index < -0.39 is 23.6 Å². The number of carbonyl (C=O) groups is 3. The summed E-state index contributed by atoms with van der Waals surface area (Å²) in [5.41, 5.74) is 2.06. The number of hydrogen-bond acceptors (Lipinski definition) is 5. The molecule has 0 aliphatic heterocycles. The Morgan fingerprint density at radius 3 is 2.58 bits per heavy atom. The van der Waals surface area contributed by atoms with Gasteiger partial charge in [0.1, 0.15) is 0 Å². The van der Waals surface area contributed by atoms with E-state index in [0.29, 0.717) is 17.3 Å². The Bertz CT molecular complexity index is 1110. The topological polar surface area (TPSA) is 106 Å². The number of Topliss-reactive ketones (excluding diaryl/α,β-unsaturated/α-hetero) is 1. The van der Waals surface area contributed by atoms with Crippen LogP contribution in [0.1, 0.15) is 52.8 Å². The van der Waals surface area contributed by atoms with Crippen LogP contribution in [0, 0.1) is 0 Å². The summed E-state index contributed by atoms with van der Waals surface area (Å²) in [7, 11) is 1.40. The molecule has 8 nitrogen and oxygen atoms in total. The fourth-order valence-electron chi connectivity index (χ4n) is 3.40. The molecule has 1 saturated carbocycles. The van der Waals surface area contributed by atoms with E-state index in [-0.39, 0.29) is 6.42 Å². The average molecular weight is 417 g/mol. The quantitative estimate of drug-likeness (QED) is 0.547. The van der Waals surface area contributed by atoms with E-state index in [9.17, 15) is 14.4 Å². The summed E-state index contributed by atoms with van der Waals surface area (Å²) < 4.78 is 1.61. The maximum Gasteiger partial charge on any atom is 0.287 e. The SMILES string of the molecule is CNC(=O)C(=O)CC(NC(=O)c1cccnc1-n1ccc(C2CC2)n1)c1ccccc1. The summed E-state index contributed by atoms with van der Waals surface area (Å²) in [6.45, 7) is 0. The van der Waals surface area contributed by atoms with Crippen LogP contribution in [0.4, 0.5) is 0 Å². The van der Waals surface area contributed by atoms with Crippen molar-refractivity contribution >= 4 is 17.6 Å². The minimum atomic E-state index is -0.693. The van der Waals surface area contributed by atoms with Crippen LogP contribution in [-0.4, -0.2) is 39.4 Å². The molecule has 3 aromatic rings. The lowest BCUT2D eigenvalue weighted by Gasteiger charge is -2.19. The number of hydrogen-bond donors (Lipinski definition) is 2. The van der Waals surface area contributed by atoms with E-state index in [4.69, 9.17) is 0 Å². The van der Waals surface area contributed by atoms with Gasteiger partial charge in [-0.25, -0.2) is 9.67 Å². The van der Waals surface area contributed by atoms with Gasteiger partial charge in [-0.2, -0.15) is 5.10 Å². The molecule has 31 heavy (non-hydrogen) atoms.